The van der Waals surface area contributed by atoms with Crippen molar-refractivity contribution in [1.82, 2.24) is 10.6 Å². The number of Topliss-reactive ketones (excluding diaryl/α,β-unsaturated/α-hetero) is 1. The highest BCUT2D eigenvalue weighted by Crippen LogP contribution is 2.33. The molecule has 0 spiro atoms. The van der Waals surface area contributed by atoms with Crippen molar-refractivity contribution in [2.24, 2.45) is 15.9 Å². The lowest BCUT2D eigenvalue weighted by Gasteiger charge is -2.27. The first-order chi connectivity index (χ1) is 19.5. The monoisotopic (exact) mass is 579 g/mol. The molecule has 0 aromatic heterocycles. The number of esters is 1. The molecule has 0 aliphatic carbocycles. The van der Waals surface area contributed by atoms with E-state index in [4.69, 9.17) is 10.5 Å². The molecule has 4 N–H and O–H groups in total. The summed E-state index contributed by atoms with van der Waals surface area (Å²) in [6.45, 7) is 5.62. The highest BCUT2D eigenvalue weighted by molar-refractivity contribution is 8.14. The summed E-state index contributed by atoms with van der Waals surface area (Å²) in [4.78, 5) is 61.1. The first-order valence-corrected chi connectivity index (χ1v) is 14.8. The van der Waals surface area contributed by atoms with Crippen molar-refractivity contribution < 1.29 is 23.9 Å². The number of nitrogens with two attached hydrogens (primary N) is 1. The van der Waals surface area contributed by atoms with E-state index in [1.807, 2.05) is 38.1 Å². The normalized spacial score (nSPS) is 25.4. The number of nitrogen functional groups attached to an aromatic ring is 1. The lowest BCUT2D eigenvalue weighted by atomic mass is 10.0. The van der Waals surface area contributed by atoms with E-state index in [1.165, 1.54) is 11.8 Å². The number of carbonyl (C=O) groups excluding carboxylic acids is 4. The number of hydrogen-bond acceptors (Lipinski definition) is 9. The lowest BCUT2D eigenvalue weighted by Crippen LogP contribution is -2.53. The van der Waals surface area contributed by atoms with E-state index in [1.54, 1.807) is 25.1 Å². The predicted octanol–water partition coefficient (Wildman–Crippen LogP) is 2.92. The molecule has 0 unspecified atom stereocenters. The number of para-hydroxylation sites is 1. The molecule has 41 heavy (non-hydrogen) atoms. The summed E-state index contributed by atoms with van der Waals surface area (Å²) < 4.78 is 5.75. The van der Waals surface area contributed by atoms with Crippen LogP contribution in [-0.4, -0.2) is 64.3 Å². The summed E-state index contributed by atoms with van der Waals surface area (Å²) in [6, 6.07) is 6.32. The SMILES string of the molecule is CC(C)[C@@H]1NC(=O)[C@]2(C)CSC(=N2)C2=CCC(=N2)CNC(=O)C[C@@H](/C=C/CCC(=O)Cc2ccccc2N)OC1=O. The maximum Gasteiger partial charge on any atom is 0.329 e. The van der Waals surface area contributed by atoms with Crippen LogP contribution in [0.3, 0.4) is 0 Å². The van der Waals surface area contributed by atoms with Gasteiger partial charge in [0.2, 0.25) is 11.8 Å². The Morgan fingerprint density at radius 1 is 1.27 bits per heavy atom. The van der Waals surface area contributed by atoms with E-state index in [9.17, 15) is 19.2 Å². The van der Waals surface area contributed by atoms with Gasteiger partial charge in [-0.2, -0.15) is 0 Å². The van der Waals surface area contributed by atoms with E-state index in [-0.39, 0.29) is 49.3 Å². The van der Waals surface area contributed by atoms with Crippen LogP contribution in [0, 0.1) is 5.92 Å². The third kappa shape index (κ3) is 7.93. The van der Waals surface area contributed by atoms with E-state index in [2.05, 4.69) is 20.6 Å². The number of hydrogen-bond donors (Lipinski definition) is 3. The first-order valence-electron chi connectivity index (χ1n) is 13.8. The predicted molar refractivity (Wildman–Crippen MR) is 161 cm³/mol. The second kappa shape index (κ2) is 13.3. The van der Waals surface area contributed by atoms with Gasteiger partial charge in [-0.3, -0.25) is 24.4 Å². The van der Waals surface area contributed by atoms with Gasteiger partial charge in [0, 0.05) is 36.4 Å². The Balaban J connectivity index is 1.47. The number of carbonyl (C=O) groups is 4. The topological polar surface area (TPSA) is 152 Å². The highest BCUT2D eigenvalue weighted by atomic mass is 32.2. The van der Waals surface area contributed by atoms with Crippen LogP contribution in [0.1, 0.15) is 52.0 Å². The Morgan fingerprint density at radius 3 is 2.80 bits per heavy atom. The maximum atomic E-state index is 13.3. The minimum Gasteiger partial charge on any atom is -0.456 e. The second-order valence-electron chi connectivity index (χ2n) is 11.0. The fourth-order valence-electron chi connectivity index (χ4n) is 4.58. The van der Waals surface area contributed by atoms with Crippen LogP contribution in [0.5, 0.6) is 0 Å². The van der Waals surface area contributed by atoms with Gasteiger partial charge >= 0.3 is 5.97 Å². The Bertz CT molecular complexity index is 1330. The van der Waals surface area contributed by atoms with Gasteiger partial charge in [-0.15, -0.1) is 11.8 Å². The number of rotatable bonds is 7. The van der Waals surface area contributed by atoms with Crippen molar-refractivity contribution in [2.75, 3.05) is 18.0 Å². The quantitative estimate of drug-likeness (QED) is 0.255. The third-order valence-electron chi connectivity index (χ3n) is 7.09. The number of nitrogens with one attached hydrogen (secondary N) is 2. The molecule has 3 atom stereocenters. The van der Waals surface area contributed by atoms with Crippen molar-refractivity contribution >= 4 is 51.8 Å². The molecule has 1 aromatic carbocycles. The van der Waals surface area contributed by atoms with Crippen LogP contribution >= 0.6 is 11.8 Å². The molecule has 218 valence electrons. The van der Waals surface area contributed by atoms with Crippen LogP contribution in [0.2, 0.25) is 0 Å². The number of nitrogens with zero attached hydrogens (tertiary/aromatic N) is 2. The van der Waals surface area contributed by atoms with E-state index < -0.39 is 23.7 Å². The van der Waals surface area contributed by atoms with E-state index in [0.29, 0.717) is 35.0 Å². The minimum atomic E-state index is -1.05. The fraction of sp³-hybridized carbons (Fsp3) is 0.467. The van der Waals surface area contributed by atoms with Gasteiger partial charge in [-0.25, -0.2) is 4.79 Å². The molecule has 4 rings (SSSR count). The molecule has 3 heterocycles. The largest absolute Gasteiger partial charge is 0.456 e. The summed E-state index contributed by atoms with van der Waals surface area (Å²) in [5, 5.41) is 6.37. The summed E-state index contributed by atoms with van der Waals surface area (Å²) in [5.74, 6) is -1.13. The van der Waals surface area contributed by atoms with Gasteiger partial charge in [0.05, 0.1) is 18.7 Å². The summed E-state index contributed by atoms with van der Waals surface area (Å²) in [5.41, 5.74) is 7.74. The summed E-state index contributed by atoms with van der Waals surface area (Å²) >= 11 is 1.45. The Kier molecular flexibility index (Phi) is 9.80. The van der Waals surface area contributed by atoms with Crippen LogP contribution in [-0.2, 0) is 30.3 Å². The van der Waals surface area contributed by atoms with Gasteiger partial charge in [-0.1, -0.05) is 44.2 Å². The van der Waals surface area contributed by atoms with Crippen molar-refractivity contribution in [3.63, 3.8) is 0 Å². The summed E-state index contributed by atoms with van der Waals surface area (Å²) in [6.07, 6.45) is 5.82. The average molecular weight is 580 g/mol. The Hall–Kier alpha value is -3.73. The fourth-order valence-corrected chi connectivity index (χ4v) is 5.73. The zero-order valence-electron chi connectivity index (χ0n) is 23.6. The van der Waals surface area contributed by atoms with Gasteiger partial charge in [0.15, 0.2) is 0 Å². The zero-order chi connectivity index (χ0) is 29.6. The number of ketones is 1. The molecular formula is C30H37N5O5S. The number of cyclic esters (lactones) is 1. The molecule has 11 heteroatoms. The average Bonchev–Trinajstić information content (AvgIpc) is 3.56. The van der Waals surface area contributed by atoms with Crippen LogP contribution < -0.4 is 16.4 Å². The van der Waals surface area contributed by atoms with Crippen molar-refractivity contribution in [2.45, 2.75) is 70.6 Å². The van der Waals surface area contributed by atoms with Crippen LogP contribution in [0.25, 0.3) is 0 Å². The molecule has 3 aliphatic rings. The molecule has 3 aliphatic heterocycles. The second-order valence-corrected chi connectivity index (χ2v) is 11.9. The molecule has 0 saturated heterocycles. The van der Waals surface area contributed by atoms with Gasteiger partial charge in [-0.05, 0) is 37.0 Å². The third-order valence-corrected chi connectivity index (χ3v) is 8.37. The lowest BCUT2D eigenvalue weighted by molar-refractivity contribution is -0.153. The number of aliphatic imine (C=N–C) groups is 2. The first kappa shape index (κ1) is 30.2. The van der Waals surface area contributed by atoms with Gasteiger partial charge in [0.25, 0.3) is 0 Å². The smallest absolute Gasteiger partial charge is 0.329 e. The Labute approximate surface area is 244 Å². The summed E-state index contributed by atoms with van der Waals surface area (Å²) in [7, 11) is 0. The number of fused-ring (bicyclic) bond motifs is 3. The number of thioether (sulfide) groups is 1. The van der Waals surface area contributed by atoms with Crippen LogP contribution in [0.4, 0.5) is 5.69 Å². The standard InChI is InChI=1S/C30H37N5O5S/c1-18(2)26-28(38)40-22(10-6-5-9-21(36)14-19-8-4-7-11-23(19)31)15-25(37)32-16-20-12-13-24(33-20)27-35-30(3,17-41-27)29(39)34-26/h4,6-8,10-11,13,18,22,26H,5,9,12,14-17,31H2,1-3H3,(H,32,37)(H,34,39)/b10-6+/t22-,26+,30+/m1/s1. The molecule has 1 aromatic rings. The minimum absolute atomic E-state index is 0.0255. The van der Waals surface area contributed by atoms with Gasteiger partial charge < -0.3 is 21.1 Å². The molecule has 0 fully saturated rings. The van der Waals surface area contributed by atoms with Crippen molar-refractivity contribution in [3.05, 3.63) is 53.8 Å². The number of amides is 2. The van der Waals surface area contributed by atoms with Gasteiger partial charge in [0.1, 0.15) is 28.5 Å². The van der Waals surface area contributed by atoms with Crippen molar-refractivity contribution in [1.29, 1.82) is 0 Å². The maximum absolute atomic E-state index is 13.3. The molecule has 4 bridgehead atoms. The number of ether oxygens (including phenoxy) is 1. The number of benzene rings is 1. The number of allylic oxidation sites excluding steroid dienone is 2. The van der Waals surface area contributed by atoms with Crippen LogP contribution in [0.15, 0.2) is 58.2 Å². The zero-order valence-corrected chi connectivity index (χ0v) is 24.5. The molecule has 0 saturated carbocycles. The van der Waals surface area contributed by atoms with E-state index in [0.717, 1.165) is 11.3 Å². The van der Waals surface area contributed by atoms with E-state index >= 15 is 0 Å². The molecule has 0 radical (unpaired) electrons. The molecule has 10 nitrogen and oxygen atoms in total. The van der Waals surface area contributed by atoms with Crippen molar-refractivity contribution in [3.8, 4) is 0 Å². The molecule has 2 amide bonds. The highest BCUT2D eigenvalue weighted by Gasteiger charge is 2.42. The molecular weight excluding hydrogens is 542 g/mol. The Morgan fingerprint density at radius 2 is 2.05 bits per heavy atom. The number of anilines is 1.